The first-order chi connectivity index (χ1) is 10.2. The molecule has 1 aliphatic carbocycles. The van der Waals surface area contributed by atoms with E-state index >= 15 is 0 Å². The Kier molecular flexibility index (Phi) is 5.87. The molecule has 5 heteroatoms. The fourth-order valence-electron chi connectivity index (χ4n) is 1.99. The molecule has 1 amide bonds. The Labute approximate surface area is 126 Å². The van der Waals surface area contributed by atoms with E-state index in [1.54, 1.807) is 7.11 Å². The van der Waals surface area contributed by atoms with Gasteiger partial charge in [0.15, 0.2) is 11.5 Å². The Morgan fingerprint density at radius 2 is 2.14 bits per heavy atom. The van der Waals surface area contributed by atoms with Gasteiger partial charge in [-0.1, -0.05) is 13.0 Å². The minimum atomic E-state index is 0.0558. The lowest BCUT2D eigenvalue weighted by atomic mass is 10.2. The van der Waals surface area contributed by atoms with Gasteiger partial charge < -0.3 is 20.1 Å². The van der Waals surface area contributed by atoms with Gasteiger partial charge in [0.2, 0.25) is 5.91 Å². The molecule has 1 fully saturated rings. The highest BCUT2D eigenvalue weighted by Crippen LogP contribution is 2.28. The highest BCUT2D eigenvalue weighted by Gasteiger charge is 2.22. The zero-order valence-electron chi connectivity index (χ0n) is 12.8. The van der Waals surface area contributed by atoms with Crippen LogP contribution in [0.15, 0.2) is 18.2 Å². The van der Waals surface area contributed by atoms with Crippen molar-refractivity contribution < 1.29 is 14.3 Å². The molecule has 0 heterocycles. The van der Waals surface area contributed by atoms with Gasteiger partial charge in [0.25, 0.3) is 0 Å². The van der Waals surface area contributed by atoms with E-state index < -0.39 is 0 Å². The van der Waals surface area contributed by atoms with Crippen LogP contribution in [0, 0.1) is 0 Å². The molecule has 1 aromatic rings. The summed E-state index contributed by atoms with van der Waals surface area (Å²) < 4.78 is 11.0. The van der Waals surface area contributed by atoms with Crippen LogP contribution in [-0.2, 0) is 11.3 Å². The molecule has 0 radical (unpaired) electrons. The van der Waals surface area contributed by atoms with Crippen molar-refractivity contribution >= 4 is 5.91 Å². The molecule has 2 N–H and O–H groups in total. The average molecular weight is 292 g/mol. The van der Waals surface area contributed by atoms with E-state index in [1.807, 2.05) is 18.2 Å². The third kappa shape index (κ3) is 5.27. The lowest BCUT2D eigenvalue weighted by Crippen LogP contribution is -2.26. The number of nitrogens with one attached hydrogen (secondary N) is 2. The zero-order valence-corrected chi connectivity index (χ0v) is 12.8. The van der Waals surface area contributed by atoms with Gasteiger partial charge in [-0.05, 0) is 37.1 Å². The summed E-state index contributed by atoms with van der Waals surface area (Å²) in [4.78, 5) is 11.6. The Hall–Kier alpha value is -1.75. The van der Waals surface area contributed by atoms with Crippen molar-refractivity contribution in [3.8, 4) is 11.5 Å². The fourth-order valence-corrected chi connectivity index (χ4v) is 1.99. The van der Waals surface area contributed by atoms with Crippen LogP contribution in [-0.4, -0.2) is 32.2 Å². The third-order valence-corrected chi connectivity index (χ3v) is 3.34. The molecule has 1 aromatic carbocycles. The summed E-state index contributed by atoms with van der Waals surface area (Å²) in [6.45, 7) is 4.14. The summed E-state index contributed by atoms with van der Waals surface area (Å²) in [6, 6.07) is 6.26. The summed E-state index contributed by atoms with van der Waals surface area (Å²) in [5, 5.41) is 6.22. The number of methoxy groups -OCH3 is 1. The van der Waals surface area contributed by atoms with Gasteiger partial charge in [0.05, 0.1) is 20.1 Å². The van der Waals surface area contributed by atoms with E-state index in [4.69, 9.17) is 9.47 Å². The highest BCUT2D eigenvalue weighted by atomic mass is 16.5. The van der Waals surface area contributed by atoms with Crippen LogP contribution in [0.5, 0.6) is 11.5 Å². The van der Waals surface area contributed by atoms with Crippen molar-refractivity contribution in [3.05, 3.63) is 23.8 Å². The van der Waals surface area contributed by atoms with Crippen molar-refractivity contribution in [1.82, 2.24) is 10.6 Å². The molecule has 0 spiro atoms. The fraction of sp³-hybridized carbons (Fsp3) is 0.562. The number of benzene rings is 1. The largest absolute Gasteiger partial charge is 0.493 e. The molecular weight excluding hydrogens is 268 g/mol. The predicted octanol–water partition coefficient (Wildman–Crippen LogP) is 1.85. The first-order valence-electron chi connectivity index (χ1n) is 7.52. The molecule has 5 nitrogen and oxygen atoms in total. The van der Waals surface area contributed by atoms with E-state index in [0.29, 0.717) is 30.6 Å². The van der Waals surface area contributed by atoms with E-state index in [9.17, 15) is 4.79 Å². The van der Waals surface area contributed by atoms with Crippen molar-refractivity contribution in [1.29, 1.82) is 0 Å². The maximum atomic E-state index is 11.6. The van der Waals surface area contributed by atoms with Crippen molar-refractivity contribution in [3.63, 3.8) is 0 Å². The molecule has 21 heavy (non-hydrogen) atoms. The molecule has 2 rings (SSSR count). The third-order valence-electron chi connectivity index (χ3n) is 3.34. The predicted molar refractivity (Wildman–Crippen MR) is 81.7 cm³/mol. The number of carbonyl (C=O) groups excluding carboxylic acids is 1. The van der Waals surface area contributed by atoms with Gasteiger partial charge in [-0.2, -0.15) is 0 Å². The number of ether oxygens (including phenoxy) is 2. The number of hydrogen-bond donors (Lipinski definition) is 2. The monoisotopic (exact) mass is 292 g/mol. The van der Waals surface area contributed by atoms with Gasteiger partial charge in [0, 0.05) is 12.6 Å². The number of amides is 1. The van der Waals surface area contributed by atoms with Gasteiger partial charge in [-0.25, -0.2) is 0 Å². The molecule has 0 unspecified atom stereocenters. The molecule has 1 saturated carbocycles. The maximum Gasteiger partial charge on any atom is 0.223 e. The van der Waals surface area contributed by atoms with Crippen LogP contribution in [0.25, 0.3) is 0 Å². The second-order valence-corrected chi connectivity index (χ2v) is 5.21. The standard InChI is InChI=1S/C16H24N2O3/c1-3-17-11-12-4-7-14(20-2)15(10-12)21-9-8-16(19)18-13-5-6-13/h4,7,10,13,17H,3,5-6,8-9,11H2,1-2H3,(H,18,19). The summed E-state index contributed by atoms with van der Waals surface area (Å²) >= 11 is 0. The van der Waals surface area contributed by atoms with Crippen LogP contribution in [0.1, 0.15) is 31.7 Å². The molecule has 1 aliphatic rings. The SMILES string of the molecule is CCNCc1ccc(OC)c(OCCC(=O)NC2CC2)c1. The molecular formula is C16H24N2O3. The second kappa shape index (κ2) is 7.88. The van der Waals surface area contributed by atoms with Crippen LogP contribution >= 0.6 is 0 Å². The Morgan fingerprint density at radius 1 is 1.33 bits per heavy atom. The first-order valence-corrected chi connectivity index (χ1v) is 7.52. The molecule has 0 atom stereocenters. The smallest absolute Gasteiger partial charge is 0.223 e. The molecule has 0 bridgehead atoms. The Balaban J connectivity index is 1.85. The number of hydrogen-bond acceptors (Lipinski definition) is 4. The van der Waals surface area contributed by atoms with Crippen molar-refractivity contribution in [2.45, 2.75) is 38.8 Å². The minimum absolute atomic E-state index is 0.0558. The maximum absolute atomic E-state index is 11.6. The lowest BCUT2D eigenvalue weighted by molar-refractivity contribution is -0.121. The van der Waals surface area contributed by atoms with Crippen molar-refractivity contribution in [2.24, 2.45) is 0 Å². The Morgan fingerprint density at radius 3 is 2.81 bits per heavy atom. The normalized spacial score (nSPS) is 13.8. The van der Waals surface area contributed by atoms with E-state index in [1.165, 1.54) is 0 Å². The molecule has 116 valence electrons. The zero-order chi connectivity index (χ0) is 15.1. The molecule has 0 aliphatic heterocycles. The highest BCUT2D eigenvalue weighted by molar-refractivity contribution is 5.76. The van der Waals surface area contributed by atoms with Gasteiger partial charge in [0.1, 0.15) is 0 Å². The average Bonchev–Trinajstić information content (AvgIpc) is 3.29. The number of carbonyl (C=O) groups is 1. The van der Waals surface area contributed by atoms with Crippen LogP contribution in [0.2, 0.25) is 0 Å². The van der Waals surface area contributed by atoms with E-state index in [0.717, 1.165) is 31.5 Å². The van der Waals surface area contributed by atoms with E-state index in [2.05, 4.69) is 17.6 Å². The van der Waals surface area contributed by atoms with Gasteiger partial charge in [-0.15, -0.1) is 0 Å². The van der Waals surface area contributed by atoms with Crippen LogP contribution in [0.4, 0.5) is 0 Å². The summed E-state index contributed by atoms with van der Waals surface area (Å²) in [5.74, 6) is 1.44. The minimum Gasteiger partial charge on any atom is -0.493 e. The summed E-state index contributed by atoms with van der Waals surface area (Å²) in [6.07, 6.45) is 2.58. The van der Waals surface area contributed by atoms with Gasteiger partial charge >= 0.3 is 0 Å². The quantitative estimate of drug-likeness (QED) is 0.729. The van der Waals surface area contributed by atoms with Gasteiger partial charge in [-0.3, -0.25) is 4.79 Å². The first kappa shape index (κ1) is 15.6. The van der Waals surface area contributed by atoms with E-state index in [-0.39, 0.29) is 5.91 Å². The summed E-state index contributed by atoms with van der Waals surface area (Å²) in [5.41, 5.74) is 1.13. The second-order valence-electron chi connectivity index (χ2n) is 5.21. The lowest BCUT2D eigenvalue weighted by Gasteiger charge is -2.12. The molecule has 0 saturated heterocycles. The topological polar surface area (TPSA) is 59.6 Å². The summed E-state index contributed by atoms with van der Waals surface area (Å²) in [7, 11) is 1.62. The Bertz CT molecular complexity index is 473. The number of rotatable bonds is 9. The van der Waals surface area contributed by atoms with Crippen LogP contribution < -0.4 is 20.1 Å². The van der Waals surface area contributed by atoms with Crippen LogP contribution in [0.3, 0.4) is 0 Å². The molecule has 0 aromatic heterocycles. The van der Waals surface area contributed by atoms with Crippen molar-refractivity contribution in [2.75, 3.05) is 20.3 Å².